The lowest BCUT2D eigenvalue weighted by Gasteiger charge is -2.09. The van der Waals surface area contributed by atoms with Gasteiger partial charge in [0.25, 0.3) is 0 Å². The van der Waals surface area contributed by atoms with Crippen molar-refractivity contribution in [2.24, 2.45) is 7.05 Å². The van der Waals surface area contributed by atoms with E-state index in [0.29, 0.717) is 6.04 Å². The summed E-state index contributed by atoms with van der Waals surface area (Å²) in [5.41, 5.74) is 2.15. The smallest absolute Gasteiger partial charge is 0.315 e. The number of fused-ring (bicyclic) bond motifs is 1. The SMILES string of the molecule is Cl.Cn1c(=O)n(C2CCNC2)c2ccccc21. The van der Waals surface area contributed by atoms with Gasteiger partial charge >= 0.3 is 5.69 Å². The Balaban J connectivity index is 0.00000108. The maximum atomic E-state index is 12.2. The number of aryl methyl sites for hydroxylation is 1. The lowest BCUT2D eigenvalue weighted by atomic mass is 10.2. The average molecular weight is 254 g/mol. The van der Waals surface area contributed by atoms with Crippen molar-refractivity contribution in [1.29, 1.82) is 0 Å². The Hall–Kier alpha value is -1.26. The Morgan fingerprint density at radius 1 is 1.29 bits per heavy atom. The number of nitrogens with one attached hydrogen (secondary N) is 1. The van der Waals surface area contributed by atoms with Gasteiger partial charge in [-0.15, -0.1) is 12.4 Å². The lowest BCUT2D eigenvalue weighted by Crippen LogP contribution is -2.27. The molecule has 3 rings (SSSR count). The molecule has 2 heterocycles. The fraction of sp³-hybridized carbons (Fsp3) is 0.417. The molecule has 2 aromatic rings. The first-order valence-corrected chi connectivity index (χ1v) is 5.65. The van der Waals surface area contributed by atoms with Gasteiger partial charge < -0.3 is 5.32 Å². The molecular weight excluding hydrogens is 238 g/mol. The summed E-state index contributed by atoms with van der Waals surface area (Å²) < 4.78 is 3.66. The highest BCUT2D eigenvalue weighted by molar-refractivity contribution is 5.85. The quantitative estimate of drug-likeness (QED) is 0.832. The zero-order valence-corrected chi connectivity index (χ0v) is 10.5. The van der Waals surface area contributed by atoms with Crippen LogP contribution in [0.25, 0.3) is 11.0 Å². The van der Waals surface area contributed by atoms with Crippen molar-refractivity contribution in [1.82, 2.24) is 14.5 Å². The molecule has 92 valence electrons. The van der Waals surface area contributed by atoms with Crippen LogP contribution in [-0.2, 0) is 7.05 Å². The zero-order chi connectivity index (χ0) is 11.1. The standard InChI is InChI=1S/C12H15N3O.ClH/c1-14-10-4-2-3-5-11(10)15(12(14)16)9-6-7-13-8-9;/h2-5,9,13H,6-8H2,1H3;1H. The minimum Gasteiger partial charge on any atom is -0.315 e. The predicted octanol–water partition coefficient (Wildman–Crippen LogP) is 1.30. The van der Waals surface area contributed by atoms with Crippen LogP contribution in [0.3, 0.4) is 0 Å². The highest BCUT2D eigenvalue weighted by Gasteiger charge is 2.21. The molecule has 1 saturated heterocycles. The van der Waals surface area contributed by atoms with Crippen LogP contribution in [0.15, 0.2) is 29.1 Å². The fourth-order valence-electron chi connectivity index (χ4n) is 2.53. The Bertz CT molecular complexity index is 581. The van der Waals surface area contributed by atoms with Gasteiger partial charge in [0.2, 0.25) is 0 Å². The molecule has 17 heavy (non-hydrogen) atoms. The first kappa shape index (κ1) is 12.2. The van der Waals surface area contributed by atoms with Crippen molar-refractivity contribution in [2.75, 3.05) is 13.1 Å². The van der Waals surface area contributed by atoms with Crippen LogP contribution in [-0.4, -0.2) is 22.2 Å². The number of imidazole rings is 1. The van der Waals surface area contributed by atoms with E-state index in [9.17, 15) is 4.79 Å². The van der Waals surface area contributed by atoms with Crippen LogP contribution in [0.1, 0.15) is 12.5 Å². The number of para-hydroxylation sites is 2. The second-order valence-electron chi connectivity index (χ2n) is 4.35. The van der Waals surface area contributed by atoms with Crippen LogP contribution < -0.4 is 11.0 Å². The minimum absolute atomic E-state index is 0. The van der Waals surface area contributed by atoms with Crippen LogP contribution in [0.2, 0.25) is 0 Å². The Labute approximate surface area is 106 Å². The molecule has 0 amide bonds. The van der Waals surface area contributed by atoms with E-state index in [-0.39, 0.29) is 18.1 Å². The van der Waals surface area contributed by atoms with Crippen LogP contribution in [0.4, 0.5) is 0 Å². The van der Waals surface area contributed by atoms with Gasteiger partial charge in [0.05, 0.1) is 17.1 Å². The molecular formula is C12H16ClN3O. The first-order valence-electron chi connectivity index (χ1n) is 5.65. The summed E-state index contributed by atoms with van der Waals surface area (Å²) >= 11 is 0. The average Bonchev–Trinajstić information content (AvgIpc) is 2.89. The van der Waals surface area contributed by atoms with Crippen molar-refractivity contribution < 1.29 is 0 Å². The fourth-order valence-corrected chi connectivity index (χ4v) is 2.53. The van der Waals surface area contributed by atoms with Gasteiger partial charge in [0.1, 0.15) is 0 Å². The molecule has 1 aromatic carbocycles. The summed E-state index contributed by atoms with van der Waals surface area (Å²) in [7, 11) is 1.84. The molecule has 1 aliphatic heterocycles. The minimum atomic E-state index is 0. The van der Waals surface area contributed by atoms with Crippen molar-refractivity contribution in [3.8, 4) is 0 Å². The van der Waals surface area contributed by atoms with E-state index < -0.39 is 0 Å². The second-order valence-corrected chi connectivity index (χ2v) is 4.35. The van der Waals surface area contributed by atoms with Gasteiger partial charge in [-0.25, -0.2) is 4.79 Å². The predicted molar refractivity (Wildman–Crippen MR) is 71.0 cm³/mol. The Kier molecular flexibility index (Phi) is 3.26. The van der Waals surface area contributed by atoms with E-state index in [1.54, 1.807) is 4.57 Å². The van der Waals surface area contributed by atoms with E-state index in [2.05, 4.69) is 5.32 Å². The molecule has 1 unspecified atom stereocenters. The molecule has 4 nitrogen and oxygen atoms in total. The van der Waals surface area contributed by atoms with Crippen molar-refractivity contribution in [3.05, 3.63) is 34.7 Å². The summed E-state index contributed by atoms with van der Waals surface area (Å²) in [5.74, 6) is 0. The lowest BCUT2D eigenvalue weighted by molar-refractivity contribution is 0.535. The van der Waals surface area contributed by atoms with Gasteiger partial charge in [-0.3, -0.25) is 9.13 Å². The van der Waals surface area contributed by atoms with Crippen LogP contribution in [0, 0.1) is 0 Å². The number of benzene rings is 1. The van der Waals surface area contributed by atoms with Crippen molar-refractivity contribution in [2.45, 2.75) is 12.5 Å². The highest BCUT2D eigenvalue weighted by Crippen LogP contribution is 2.20. The summed E-state index contributed by atoms with van der Waals surface area (Å²) in [6.45, 7) is 1.90. The molecule has 0 bridgehead atoms. The molecule has 5 heteroatoms. The van der Waals surface area contributed by atoms with E-state index in [0.717, 1.165) is 30.5 Å². The summed E-state index contributed by atoms with van der Waals surface area (Å²) in [5, 5.41) is 3.30. The maximum absolute atomic E-state index is 12.2. The number of rotatable bonds is 1. The Morgan fingerprint density at radius 2 is 2.00 bits per heavy atom. The summed E-state index contributed by atoms with van der Waals surface area (Å²) in [4.78, 5) is 12.2. The van der Waals surface area contributed by atoms with E-state index in [1.165, 1.54) is 0 Å². The second kappa shape index (κ2) is 4.55. The molecule has 0 radical (unpaired) electrons. The molecule has 1 aromatic heterocycles. The number of halogens is 1. The van der Waals surface area contributed by atoms with E-state index in [4.69, 9.17) is 0 Å². The highest BCUT2D eigenvalue weighted by atomic mass is 35.5. The molecule has 0 saturated carbocycles. The number of nitrogens with zero attached hydrogens (tertiary/aromatic N) is 2. The third kappa shape index (κ3) is 1.77. The van der Waals surface area contributed by atoms with E-state index >= 15 is 0 Å². The van der Waals surface area contributed by atoms with Crippen LogP contribution >= 0.6 is 12.4 Å². The molecule has 1 fully saturated rings. The summed E-state index contributed by atoms with van der Waals surface area (Å²) in [6.07, 6.45) is 1.04. The van der Waals surface area contributed by atoms with Gasteiger partial charge in [0, 0.05) is 13.6 Å². The van der Waals surface area contributed by atoms with E-state index in [1.807, 2.05) is 35.9 Å². The number of aromatic nitrogens is 2. The molecule has 1 N–H and O–H groups in total. The zero-order valence-electron chi connectivity index (χ0n) is 9.72. The topological polar surface area (TPSA) is 39.0 Å². The normalized spacial score (nSPS) is 19.5. The maximum Gasteiger partial charge on any atom is 0.329 e. The number of hydrogen-bond donors (Lipinski definition) is 1. The van der Waals surface area contributed by atoms with Gasteiger partial charge in [-0.2, -0.15) is 0 Å². The summed E-state index contributed by atoms with van der Waals surface area (Å²) in [6, 6.07) is 8.28. The first-order chi connectivity index (χ1) is 7.79. The number of hydrogen-bond acceptors (Lipinski definition) is 2. The van der Waals surface area contributed by atoms with Crippen molar-refractivity contribution >= 4 is 23.4 Å². The van der Waals surface area contributed by atoms with Gasteiger partial charge in [-0.1, -0.05) is 12.1 Å². The molecule has 1 atom stereocenters. The third-order valence-electron chi connectivity index (χ3n) is 3.40. The third-order valence-corrected chi connectivity index (χ3v) is 3.40. The monoisotopic (exact) mass is 253 g/mol. The Morgan fingerprint density at radius 3 is 2.65 bits per heavy atom. The molecule has 0 spiro atoms. The van der Waals surface area contributed by atoms with Crippen LogP contribution in [0.5, 0.6) is 0 Å². The molecule has 0 aliphatic carbocycles. The van der Waals surface area contributed by atoms with Gasteiger partial charge in [-0.05, 0) is 25.1 Å². The van der Waals surface area contributed by atoms with Gasteiger partial charge in [0.15, 0.2) is 0 Å². The molecule has 1 aliphatic rings. The van der Waals surface area contributed by atoms with Crippen molar-refractivity contribution in [3.63, 3.8) is 0 Å². The largest absolute Gasteiger partial charge is 0.329 e.